The van der Waals surface area contributed by atoms with Crippen LogP contribution in [0.3, 0.4) is 0 Å². The lowest BCUT2D eigenvalue weighted by atomic mass is 9.92. The number of allylic oxidation sites excluding steroid dienone is 2. The van der Waals surface area contributed by atoms with Gasteiger partial charge in [0.1, 0.15) is 0 Å². The van der Waals surface area contributed by atoms with Crippen LogP contribution >= 0.6 is 0 Å². The Kier molecular flexibility index (Phi) is 6.14. The van der Waals surface area contributed by atoms with Gasteiger partial charge < -0.3 is 19.8 Å². The fourth-order valence-corrected chi connectivity index (χ4v) is 9.34. The van der Waals surface area contributed by atoms with Gasteiger partial charge in [0.15, 0.2) is 0 Å². The zero-order valence-corrected chi connectivity index (χ0v) is 29.4. The summed E-state index contributed by atoms with van der Waals surface area (Å²) in [6.45, 7) is 0. The molecule has 0 saturated carbocycles. The van der Waals surface area contributed by atoms with Gasteiger partial charge in [-0.05, 0) is 59.2 Å². The lowest BCUT2D eigenvalue weighted by molar-refractivity contribution is 0.555. The van der Waals surface area contributed by atoms with Gasteiger partial charge in [-0.25, -0.2) is 0 Å². The van der Waals surface area contributed by atoms with Crippen molar-refractivity contribution < 1.29 is 0 Å². The molecule has 0 bridgehead atoms. The molecule has 2 aromatic heterocycles. The van der Waals surface area contributed by atoms with Crippen LogP contribution in [0.4, 0.5) is 0 Å². The van der Waals surface area contributed by atoms with E-state index in [0.29, 0.717) is 0 Å². The summed E-state index contributed by atoms with van der Waals surface area (Å²) in [6.07, 6.45) is 8.76. The molecule has 2 aliphatic heterocycles. The summed E-state index contributed by atoms with van der Waals surface area (Å²) < 4.78 is 4.95. The molecule has 4 heterocycles. The van der Waals surface area contributed by atoms with Gasteiger partial charge in [-0.2, -0.15) is 0 Å². The van der Waals surface area contributed by atoms with Crippen LogP contribution in [0.5, 0.6) is 0 Å². The molecule has 0 saturated heterocycles. The maximum atomic E-state index is 3.92. The minimum atomic E-state index is 0.159. The zero-order chi connectivity index (χ0) is 35.3. The highest BCUT2D eigenvalue weighted by Crippen LogP contribution is 2.49. The quantitative estimate of drug-likeness (QED) is 0.193. The van der Waals surface area contributed by atoms with E-state index in [1.807, 2.05) is 0 Å². The highest BCUT2D eigenvalue weighted by Gasteiger charge is 2.29. The van der Waals surface area contributed by atoms with Gasteiger partial charge in [0.05, 0.1) is 51.2 Å². The van der Waals surface area contributed by atoms with E-state index in [0.717, 1.165) is 22.6 Å². The van der Waals surface area contributed by atoms with Gasteiger partial charge in [0, 0.05) is 43.9 Å². The zero-order valence-electron chi connectivity index (χ0n) is 29.4. The second-order valence-corrected chi connectivity index (χ2v) is 14.6. The third kappa shape index (κ3) is 4.13. The fraction of sp³-hybridized carbons (Fsp3) is 0.0400. The van der Waals surface area contributed by atoms with Crippen molar-refractivity contribution in [2.75, 3.05) is 0 Å². The Labute approximate surface area is 312 Å². The molecule has 9 aromatic rings. The number of nitrogens with zero attached hydrogens (tertiary/aromatic N) is 2. The van der Waals surface area contributed by atoms with Crippen LogP contribution in [-0.2, 0) is 0 Å². The second-order valence-electron chi connectivity index (χ2n) is 14.6. The predicted molar refractivity (Wildman–Crippen MR) is 225 cm³/mol. The monoisotopic (exact) mass is 690 g/mol. The number of benzene rings is 7. The lowest BCUT2D eigenvalue weighted by Crippen LogP contribution is -2.50. The smallest absolute Gasteiger partial charge is 0.0686 e. The molecule has 3 aliphatic rings. The molecule has 1 aliphatic carbocycles. The Bertz CT molecular complexity index is 3120. The summed E-state index contributed by atoms with van der Waals surface area (Å²) in [4.78, 5) is 0. The Hall–Kier alpha value is -7.04. The van der Waals surface area contributed by atoms with Crippen molar-refractivity contribution in [1.29, 1.82) is 0 Å². The molecule has 0 spiro atoms. The molecule has 0 amide bonds. The molecular formula is C50H34N4. The van der Waals surface area contributed by atoms with Crippen molar-refractivity contribution in [3.63, 3.8) is 0 Å². The second kappa shape index (κ2) is 11.2. The van der Waals surface area contributed by atoms with E-state index in [9.17, 15) is 0 Å². The van der Waals surface area contributed by atoms with Crippen LogP contribution < -0.4 is 10.6 Å². The van der Waals surface area contributed by atoms with Gasteiger partial charge in [-0.3, -0.25) is 0 Å². The first-order valence-electron chi connectivity index (χ1n) is 18.8. The fourth-order valence-electron chi connectivity index (χ4n) is 9.34. The molecule has 254 valence electrons. The highest BCUT2D eigenvalue weighted by molar-refractivity contribution is 6.19. The number of para-hydroxylation sites is 4. The molecule has 7 aromatic carbocycles. The van der Waals surface area contributed by atoms with Crippen LogP contribution in [0.15, 0.2) is 182 Å². The van der Waals surface area contributed by atoms with E-state index in [1.54, 1.807) is 0 Å². The minimum Gasteiger partial charge on any atom is -0.374 e. The Balaban J connectivity index is 1.12. The Morgan fingerprint density at radius 2 is 0.981 bits per heavy atom. The molecule has 4 nitrogen and oxygen atoms in total. The first-order valence-corrected chi connectivity index (χ1v) is 18.8. The third-order valence-electron chi connectivity index (χ3n) is 11.7. The van der Waals surface area contributed by atoms with Gasteiger partial charge >= 0.3 is 0 Å². The van der Waals surface area contributed by atoms with Crippen molar-refractivity contribution in [2.24, 2.45) is 0 Å². The van der Waals surface area contributed by atoms with Gasteiger partial charge in [0.25, 0.3) is 0 Å². The topological polar surface area (TPSA) is 33.9 Å². The van der Waals surface area contributed by atoms with E-state index < -0.39 is 0 Å². The maximum absolute atomic E-state index is 3.92. The molecule has 0 radical (unpaired) electrons. The Morgan fingerprint density at radius 1 is 0.389 bits per heavy atom. The number of hydrogen-bond acceptors (Lipinski definition) is 2. The first-order chi connectivity index (χ1) is 26.8. The van der Waals surface area contributed by atoms with Crippen LogP contribution in [0.25, 0.3) is 88.6 Å². The first kappa shape index (κ1) is 29.5. The highest BCUT2D eigenvalue weighted by atomic mass is 15.1. The van der Waals surface area contributed by atoms with Crippen LogP contribution in [0.2, 0.25) is 0 Å². The standard InChI is InChI=1S/C50H34N4/c1-2-14-31(15-3-1)48-49(52-43-24-8-7-23-42(43)51-48)32-16-12-17-33(28-32)53-44-25-9-6-20-36(44)41-29-39-38-22-13-21-37-34-18-4-10-26-45(34)54(50(37)38)46-27-11-5-19-35(46)40(39)30-47(41)53/h1-30,42-43,51-52H. The summed E-state index contributed by atoms with van der Waals surface area (Å²) in [5, 5.41) is 12.9. The third-order valence-corrected chi connectivity index (χ3v) is 11.7. The SMILES string of the molecule is C1=CC2NC(c3ccccc3)=C(c3cccc(-n4c5ccccc5c5cc6c(cc54)-c4ccccc4-n4c5ccccc5c5cccc-6c54)c3)NC2C=C1. The lowest BCUT2D eigenvalue weighted by Gasteiger charge is -2.36. The summed E-state index contributed by atoms with van der Waals surface area (Å²) in [6, 6.07) is 58.3. The number of aromatic nitrogens is 2. The Morgan fingerprint density at radius 3 is 1.80 bits per heavy atom. The van der Waals surface area contributed by atoms with E-state index in [1.165, 1.54) is 77.1 Å². The predicted octanol–water partition coefficient (Wildman–Crippen LogP) is 11.4. The summed E-state index contributed by atoms with van der Waals surface area (Å²) in [5.74, 6) is 0. The van der Waals surface area contributed by atoms with Crippen molar-refractivity contribution in [1.82, 2.24) is 19.8 Å². The molecule has 0 fully saturated rings. The molecular weight excluding hydrogens is 657 g/mol. The summed E-state index contributed by atoms with van der Waals surface area (Å²) in [5.41, 5.74) is 16.8. The van der Waals surface area contributed by atoms with Crippen molar-refractivity contribution in [3.05, 3.63) is 193 Å². The van der Waals surface area contributed by atoms with Crippen LogP contribution in [0, 0.1) is 0 Å². The molecule has 2 atom stereocenters. The maximum Gasteiger partial charge on any atom is 0.0686 e. The number of fused-ring (bicyclic) bond motifs is 12. The van der Waals surface area contributed by atoms with Gasteiger partial charge in [-0.15, -0.1) is 0 Å². The number of hydrogen-bond donors (Lipinski definition) is 2. The van der Waals surface area contributed by atoms with Crippen LogP contribution in [0.1, 0.15) is 11.1 Å². The van der Waals surface area contributed by atoms with Crippen LogP contribution in [-0.4, -0.2) is 21.2 Å². The molecule has 2 N–H and O–H groups in total. The normalized spacial score (nSPS) is 17.0. The molecule has 2 unspecified atom stereocenters. The average molecular weight is 691 g/mol. The number of nitrogens with one attached hydrogen (secondary N) is 2. The number of rotatable bonds is 3. The minimum absolute atomic E-state index is 0.159. The summed E-state index contributed by atoms with van der Waals surface area (Å²) in [7, 11) is 0. The van der Waals surface area contributed by atoms with E-state index in [2.05, 4.69) is 202 Å². The van der Waals surface area contributed by atoms with Crippen molar-refractivity contribution in [3.8, 4) is 33.6 Å². The van der Waals surface area contributed by atoms with Crippen molar-refractivity contribution >= 4 is 55.0 Å². The van der Waals surface area contributed by atoms with E-state index in [4.69, 9.17) is 0 Å². The van der Waals surface area contributed by atoms with E-state index in [-0.39, 0.29) is 12.1 Å². The van der Waals surface area contributed by atoms with Gasteiger partial charge in [0.2, 0.25) is 0 Å². The molecule has 54 heavy (non-hydrogen) atoms. The van der Waals surface area contributed by atoms with E-state index >= 15 is 0 Å². The average Bonchev–Trinajstić information content (AvgIpc) is 3.71. The van der Waals surface area contributed by atoms with Gasteiger partial charge in [-0.1, -0.05) is 140 Å². The molecule has 12 rings (SSSR count). The largest absolute Gasteiger partial charge is 0.374 e. The summed E-state index contributed by atoms with van der Waals surface area (Å²) >= 11 is 0. The molecule has 4 heteroatoms. The van der Waals surface area contributed by atoms with Crippen molar-refractivity contribution in [2.45, 2.75) is 12.1 Å².